The first-order valence-corrected chi connectivity index (χ1v) is 14.0. The zero-order valence-electron chi connectivity index (χ0n) is 18.4. The average molecular weight is 501 g/mol. The number of benzene rings is 2. The molecule has 5 rings (SSSR count). The van der Waals surface area contributed by atoms with Crippen molar-refractivity contribution in [1.82, 2.24) is 14.3 Å². The van der Waals surface area contributed by atoms with E-state index in [1.807, 2.05) is 19.1 Å². The molecule has 1 N–H and O–H groups in total. The van der Waals surface area contributed by atoms with Gasteiger partial charge in [-0.05, 0) is 56.2 Å². The van der Waals surface area contributed by atoms with Crippen LogP contribution < -0.4 is 5.32 Å². The fourth-order valence-corrected chi connectivity index (χ4v) is 7.56. The summed E-state index contributed by atoms with van der Waals surface area (Å²) in [6.45, 7) is 1.97. The third kappa shape index (κ3) is 4.28. The Kier molecular flexibility index (Phi) is 5.94. The molecule has 7 nitrogen and oxygen atoms in total. The molecule has 1 saturated carbocycles. The van der Waals surface area contributed by atoms with Crippen LogP contribution in [-0.4, -0.2) is 41.7 Å². The number of carbonyl (C=O) groups excluding carboxylic acids is 1. The summed E-state index contributed by atoms with van der Waals surface area (Å²) in [6.07, 6.45) is 5.07. The van der Waals surface area contributed by atoms with Crippen LogP contribution in [-0.2, 0) is 10.0 Å². The van der Waals surface area contributed by atoms with E-state index in [0.717, 1.165) is 57.5 Å². The van der Waals surface area contributed by atoms with Crippen LogP contribution in [0.3, 0.4) is 0 Å². The molecule has 1 aliphatic rings. The number of nitrogens with zero attached hydrogens (tertiary/aromatic N) is 3. The Hall–Kier alpha value is -2.40. The molecule has 2 aromatic carbocycles. The van der Waals surface area contributed by atoms with Crippen molar-refractivity contribution in [2.24, 2.45) is 0 Å². The first-order chi connectivity index (χ1) is 15.8. The lowest BCUT2D eigenvalue weighted by atomic mass is 9.96. The van der Waals surface area contributed by atoms with Crippen LogP contribution in [0.15, 0.2) is 41.3 Å². The second-order valence-corrected chi connectivity index (χ2v) is 12.5. The maximum atomic E-state index is 13.0. The monoisotopic (exact) mass is 500 g/mol. The van der Waals surface area contributed by atoms with Crippen LogP contribution in [0.25, 0.3) is 20.4 Å². The van der Waals surface area contributed by atoms with Crippen molar-refractivity contribution < 1.29 is 13.2 Å². The maximum absolute atomic E-state index is 13.0. The largest absolute Gasteiger partial charge is 0.298 e. The molecule has 1 amide bonds. The molecule has 0 radical (unpaired) electrons. The van der Waals surface area contributed by atoms with Crippen LogP contribution in [0.2, 0.25) is 0 Å². The highest BCUT2D eigenvalue weighted by atomic mass is 32.2. The van der Waals surface area contributed by atoms with E-state index in [2.05, 4.69) is 15.3 Å². The van der Waals surface area contributed by atoms with Crippen molar-refractivity contribution in [3.63, 3.8) is 0 Å². The van der Waals surface area contributed by atoms with E-state index in [0.29, 0.717) is 10.7 Å². The Morgan fingerprint density at radius 2 is 1.76 bits per heavy atom. The lowest BCUT2D eigenvalue weighted by molar-refractivity contribution is 0.102. The van der Waals surface area contributed by atoms with Crippen molar-refractivity contribution in [3.05, 3.63) is 47.0 Å². The molecule has 0 spiro atoms. The summed E-state index contributed by atoms with van der Waals surface area (Å²) in [5.41, 5.74) is 2.08. The number of sulfonamides is 1. The summed E-state index contributed by atoms with van der Waals surface area (Å²) in [4.78, 5) is 22.1. The smallest absolute Gasteiger partial charge is 0.257 e. The third-order valence-electron chi connectivity index (χ3n) is 6.12. The van der Waals surface area contributed by atoms with Crippen LogP contribution in [0.5, 0.6) is 0 Å². The van der Waals surface area contributed by atoms with Gasteiger partial charge < -0.3 is 0 Å². The summed E-state index contributed by atoms with van der Waals surface area (Å²) in [6, 6.07) is 10.1. The zero-order valence-corrected chi connectivity index (χ0v) is 20.8. The Morgan fingerprint density at radius 1 is 1.03 bits per heavy atom. The number of hydrogen-bond donors (Lipinski definition) is 1. The molecule has 1 fully saturated rings. The quantitative estimate of drug-likeness (QED) is 0.395. The molecule has 0 unspecified atom stereocenters. The molecule has 4 aromatic rings. The van der Waals surface area contributed by atoms with Crippen molar-refractivity contribution in [2.45, 2.75) is 50.0 Å². The maximum Gasteiger partial charge on any atom is 0.257 e. The van der Waals surface area contributed by atoms with Crippen molar-refractivity contribution >= 4 is 64.2 Å². The Labute approximate surface area is 200 Å². The average Bonchev–Trinajstić information content (AvgIpc) is 3.41. The van der Waals surface area contributed by atoms with Gasteiger partial charge in [0.2, 0.25) is 10.0 Å². The van der Waals surface area contributed by atoms with E-state index in [1.54, 1.807) is 30.5 Å². The fraction of sp³-hybridized carbons (Fsp3) is 0.348. The number of aromatic nitrogens is 2. The van der Waals surface area contributed by atoms with Gasteiger partial charge in [-0.25, -0.2) is 18.4 Å². The van der Waals surface area contributed by atoms with Crippen LogP contribution in [0.1, 0.15) is 47.5 Å². The predicted octanol–water partition coefficient (Wildman–Crippen LogP) is 5.42. The Bertz CT molecular complexity index is 1440. The third-order valence-corrected chi connectivity index (χ3v) is 9.98. The molecule has 33 heavy (non-hydrogen) atoms. The van der Waals surface area contributed by atoms with Gasteiger partial charge in [0.05, 0.1) is 24.8 Å². The number of amides is 1. The molecule has 1 aliphatic carbocycles. The number of hydrogen-bond acceptors (Lipinski definition) is 7. The lowest BCUT2D eigenvalue weighted by Gasteiger charge is -2.30. The van der Waals surface area contributed by atoms with E-state index in [9.17, 15) is 13.2 Å². The molecular formula is C23H24N4O3S3. The van der Waals surface area contributed by atoms with Gasteiger partial charge in [0.25, 0.3) is 5.91 Å². The SMILES string of the molecule is Cc1nc2c(ccc3nc(NC(=O)c4ccc(S(=O)(=O)N(C)C5CCCCC5)cc4)sc32)s1. The second-order valence-electron chi connectivity index (χ2n) is 8.30. The first kappa shape index (κ1) is 22.4. The van der Waals surface area contributed by atoms with Gasteiger partial charge >= 0.3 is 0 Å². The molecule has 2 aromatic heterocycles. The van der Waals surface area contributed by atoms with E-state index in [-0.39, 0.29) is 16.8 Å². The van der Waals surface area contributed by atoms with Crippen molar-refractivity contribution in [3.8, 4) is 0 Å². The van der Waals surface area contributed by atoms with Crippen LogP contribution >= 0.6 is 22.7 Å². The summed E-state index contributed by atoms with van der Waals surface area (Å²) in [7, 11) is -1.94. The Morgan fingerprint density at radius 3 is 2.48 bits per heavy atom. The van der Waals surface area contributed by atoms with Crippen molar-refractivity contribution in [1.29, 1.82) is 0 Å². The lowest BCUT2D eigenvalue weighted by Crippen LogP contribution is -2.38. The van der Waals surface area contributed by atoms with Crippen molar-refractivity contribution in [2.75, 3.05) is 12.4 Å². The highest BCUT2D eigenvalue weighted by Crippen LogP contribution is 2.35. The Balaban J connectivity index is 1.34. The molecule has 10 heteroatoms. The number of aryl methyl sites for hydroxylation is 1. The predicted molar refractivity (Wildman–Crippen MR) is 134 cm³/mol. The normalized spacial score (nSPS) is 15.5. The molecule has 0 bridgehead atoms. The summed E-state index contributed by atoms with van der Waals surface area (Å²) >= 11 is 3.02. The minimum Gasteiger partial charge on any atom is -0.298 e. The second kappa shape index (κ2) is 8.75. The van der Waals surface area contributed by atoms with Gasteiger partial charge in [0.1, 0.15) is 5.52 Å². The van der Waals surface area contributed by atoms with Gasteiger partial charge in [0, 0.05) is 18.7 Å². The van der Waals surface area contributed by atoms with Gasteiger partial charge in [-0.3, -0.25) is 10.1 Å². The molecule has 0 saturated heterocycles. The number of thiazole rings is 2. The number of fused-ring (bicyclic) bond motifs is 3. The summed E-state index contributed by atoms with van der Waals surface area (Å²) < 4.78 is 29.6. The van der Waals surface area contributed by atoms with Gasteiger partial charge in [0.15, 0.2) is 5.13 Å². The topological polar surface area (TPSA) is 92.3 Å². The van der Waals surface area contributed by atoms with E-state index >= 15 is 0 Å². The highest BCUT2D eigenvalue weighted by molar-refractivity contribution is 7.89. The molecule has 172 valence electrons. The molecule has 0 atom stereocenters. The van der Waals surface area contributed by atoms with E-state index in [1.165, 1.54) is 27.8 Å². The fourth-order valence-electron chi connectivity index (χ4n) is 4.30. The van der Waals surface area contributed by atoms with Crippen LogP contribution in [0, 0.1) is 6.92 Å². The highest BCUT2D eigenvalue weighted by Gasteiger charge is 2.29. The van der Waals surface area contributed by atoms with E-state index in [4.69, 9.17) is 0 Å². The van der Waals surface area contributed by atoms with Gasteiger partial charge in [-0.2, -0.15) is 4.31 Å². The summed E-state index contributed by atoms with van der Waals surface area (Å²) in [5, 5.41) is 4.31. The molecular weight excluding hydrogens is 476 g/mol. The van der Waals surface area contributed by atoms with Crippen LogP contribution in [0.4, 0.5) is 5.13 Å². The zero-order chi connectivity index (χ0) is 23.2. The number of anilines is 1. The van der Waals surface area contributed by atoms with Gasteiger partial charge in [-0.15, -0.1) is 11.3 Å². The summed E-state index contributed by atoms with van der Waals surface area (Å²) in [5.74, 6) is -0.329. The number of nitrogens with one attached hydrogen (secondary N) is 1. The minimum atomic E-state index is -3.59. The number of rotatable bonds is 5. The van der Waals surface area contributed by atoms with E-state index < -0.39 is 10.0 Å². The standard InChI is InChI=1S/C23H24N4O3S3/c1-14-24-20-19(31-14)13-12-18-21(20)32-23(25-18)26-22(28)15-8-10-17(11-9-15)33(29,30)27(2)16-6-4-3-5-7-16/h8-13,16H,3-7H2,1-2H3,(H,25,26,28). The first-order valence-electron chi connectivity index (χ1n) is 10.9. The number of carbonyl (C=O) groups is 1. The van der Waals surface area contributed by atoms with Gasteiger partial charge in [-0.1, -0.05) is 30.6 Å². The molecule has 2 heterocycles. The molecule has 0 aliphatic heterocycles. The minimum absolute atomic E-state index is 0.0405.